The highest BCUT2D eigenvalue weighted by Crippen LogP contribution is 2.27. The molecule has 0 bridgehead atoms. The van der Waals surface area contributed by atoms with E-state index < -0.39 is 5.97 Å². The number of aromatic hydroxyl groups is 1. The molecular weight excluding hydrogens is 284 g/mol. The Morgan fingerprint density at radius 1 is 1.18 bits per heavy atom. The number of ketones is 1. The molecule has 0 unspecified atom stereocenters. The molecule has 0 aromatic heterocycles. The van der Waals surface area contributed by atoms with Gasteiger partial charge in [-0.3, -0.25) is 4.79 Å². The molecule has 5 heteroatoms. The summed E-state index contributed by atoms with van der Waals surface area (Å²) >= 11 is 0. The molecule has 0 heterocycles. The Balaban J connectivity index is 2.72. The fraction of sp³-hybridized carbons (Fsp3) is 0.294. The molecule has 0 radical (unpaired) electrons. The van der Waals surface area contributed by atoms with Crippen LogP contribution in [0.25, 0.3) is 0 Å². The first kappa shape index (κ1) is 17.5. The maximum atomic E-state index is 11.6. The van der Waals surface area contributed by atoms with Crippen molar-refractivity contribution < 1.29 is 24.2 Å². The van der Waals surface area contributed by atoms with E-state index >= 15 is 0 Å². The summed E-state index contributed by atoms with van der Waals surface area (Å²) in [5, 5.41) is 9.82. The molecule has 0 saturated carbocycles. The maximum absolute atomic E-state index is 11.6. The fourth-order valence-corrected chi connectivity index (χ4v) is 1.69. The Hall–Kier alpha value is -2.56. The monoisotopic (exact) mass is 304 g/mol. The zero-order chi connectivity index (χ0) is 16.7. The van der Waals surface area contributed by atoms with E-state index in [1.165, 1.54) is 37.5 Å². The highest BCUT2D eigenvalue weighted by atomic mass is 16.5. The second kappa shape index (κ2) is 8.02. The molecule has 22 heavy (non-hydrogen) atoms. The molecule has 0 saturated heterocycles. The Labute approximate surface area is 129 Å². The fourth-order valence-electron chi connectivity index (χ4n) is 1.69. The van der Waals surface area contributed by atoms with E-state index in [0.29, 0.717) is 0 Å². The molecule has 0 aliphatic carbocycles. The van der Waals surface area contributed by atoms with Crippen LogP contribution in [-0.4, -0.2) is 30.6 Å². The van der Waals surface area contributed by atoms with Gasteiger partial charge in [0.2, 0.25) is 0 Å². The van der Waals surface area contributed by atoms with Gasteiger partial charge in [0.15, 0.2) is 17.3 Å². The number of rotatable bonds is 6. The molecule has 1 aromatic rings. The topological polar surface area (TPSA) is 72.8 Å². The third-order valence-corrected chi connectivity index (χ3v) is 2.65. The smallest absolute Gasteiger partial charge is 0.337 e. The van der Waals surface area contributed by atoms with Gasteiger partial charge in [0.05, 0.1) is 12.7 Å². The van der Waals surface area contributed by atoms with E-state index in [-0.39, 0.29) is 29.5 Å². The number of benzene rings is 1. The minimum absolute atomic E-state index is 0.105. The van der Waals surface area contributed by atoms with Gasteiger partial charge in [0.25, 0.3) is 0 Å². The van der Waals surface area contributed by atoms with Gasteiger partial charge in [-0.05, 0) is 56.7 Å². The van der Waals surface area contributed by atoms with Crippen molar-refractivity contribution in [2.45, 2.75) is 20.8 Å². The van der Waals surface area contributed by atoms with Crippen molar-refractivity contribution >= 4 is 11.8 Å². The molecule has 1 N–H and O–H groups in total. The molecule has 5 nitrogen and oxygen atoms in total. The largest absolute Gasteiger partial charge is 0.504 e. The first-order chi connectivity index (χ1) is 10.3. The van der Waals surface area contributed by atoms with Crippen molar-refractivity contribution in [2.75, 3.05) is 13.7 Å². The number of allylic oxidation sites excluding steroid dienone is 3. The second-order valence-electron chi connectivity index (χ2n) is 5.08. The lowest BCUT2D eigenvalue weighted by atomic mass is 10.2. The van der Waals surface area contributed by atoms with E-state index in [9.17, 15) is 14.7 Å². The van der Waals surface area contributed by atoms with E-state index in [1.807, 2.05) is 13.8 Å². The Bertz CT molecular complexity index is 622. The van der Waals surface area contributed by atoms with Gasteiger partial charge < -0.3 is 14.6 Å². The quantitative estimate of drug-likeness (QED) is 0.646. The van der Waals surface area contributed by atoms with Crippen LogP contribution in [0.2, 0.25) is 0 Å². The summed E-state index contributed by atoms with van der Waals surface area (Å²) < 4.78 is 9.99. The van der Waals surface area contributed by atoms with E-state index in [1.54, 1.807) is 6.92 Å². The SMILES string of the molecule is COC(=O)c1ccc(OC/C(C)=C/C(=O)C=C(C)C)c(O)c1. The molecule has 0 aliphatic heterocycles. The lowest BCUT2D eigenvalue weighted by Gasteiger charge is -2.09. The summed E-state index contributed by atoms with van der Waals surface area (Å²) in [7, 11) is 1.27. The zero-order valence-electron chi connectivity index (χ0n) is 13.2. The number of phenolic OH excluding ortho intramolecular Hbond substituents is 1. The summed E-state index contributed by atoms with van der Waals surface area (Å²) in [6.07, 6.45) is 3.01. The molecule has 1 aromatic carbocycles. The molecule has 0 fully saturated rings. The summed E-state index contributed by atoms with van der Waals surface area (Å²) in [5.41, 5.74) is 1.88. The zero-order valence-corrected chi connectivity index (χ0v) is 13.2. The number of phenols is 1. The van der Waals surface area contributed by atoms with Crippen molar-refractivity contribution in [1.82, 2.24) is 0 Å². The molecule has 0 atom stereocenters. The molecule has 0 spiro atoms. The van der Waals surface area contributed by atoms with Crippen molar-refractivity contribution in [1.29, 1.82) is 0 Å². The number of methoxy groups -OCH3 is 1. The lowest BCUT2D eigenvalue weighted by Crippen LogP contribution is -2.03. The Morgan fingerprint density at radius 3 is 2.41 bits per heavy atom. The third kappa shape index (κ3) is 5.44. The number of hydrogen-bond donors (Lipinski definition) is 1. The van der Waals surface area contributed by atoms with E-state index in [4.69, 9.17) is 4.74 Å². The van der Waals surface area contributed by atoms with Crippen LogP contribution in [0.4, 0.5) is 0 Å². The van der Waals surface area contributed by atoms with E-state index in [0.717, 1.165) is 11.1 Å². The van der Waals surface area contributed by atoms with Crippen LogP contribution in [0.15, 0.2) is 41.5 Å². The van der Waals surface area contributed by atoms with Gasteiger partial charge in [-0.25, -0.2) is 4.79 Å². The molecule has 118 valence electrons. The van der Waals surface area contributed by atoms with Crippen LogP contribution in [0.3, 0.4) is 0 Å². The van der Waals surface area contributed by atoms with Gasteiger partial charge in [0, 0.05) is 0 Å². The van der Waals surface area contributed by atoms with Crippen LogP contribution in [0.1, 0.15) is 31.1 Å². The average molecular weight is 304 g/mol. The third-order valence-electron chi connectivity index (χ3n) is 2.65. The van der Waals surface area contributed by atoms with E-state index in [2.05, 4.69) is 4.74 Å². The molecule has 1 rings (SSSR count). The average Bonchev–Trinajstić information content (AvgIpc) is 2.44. The van der Waals surface area contributed by atoms with Gasteiger partial charge in [0.1, 0.15) is 6.61 Å². The lowest BCUT2D eigenvalue weighted by molar-refractivity contribution is -0.110. The first-order valence-electron chi connectivity index (χ1n) is 6.73. The predicted molar refractivity (Wildman–Crippen MR) is 83.1 cm³/mol. The second-order valence-corrected chi connectivity index (χ2v) is 5.08. The number of carbonyl (C=O) groups is 2. The summed E-state index contributed by atoms with van der Waals surface area (Å²) in [6, 6.07) is 4.25. The maximum Gasteiger partial charge on any atom is 0.337 e. The van der Waals surface area contributed by atoms with Gasteiger partial charge in [-0.15, -0.1) is 0 Å². The van der Waals surface area contributed by atoms with Crippen molar-refractivity contribution in [2.24, 2.45) is 0 Å². The minimum Gasteiger partial charge on any atom is -0.504 e. The number of ether oxygens (including phenoxy) is 2. The van der Waals surface area contributed by atoms with Crippen molar-refractivity contribution in [3.63, 3.8) is 0 Å². The van der Waals surface area contributed by atoms with Crippen LogP contribution in [0, 0.1) is 0 Å². The highest BCUT2D eigenvalue weighted by molar-refractivity contribution is 6.00. The first-order valence-corrected chi connectivity index (χ1v) is 6.73. The number of hydrogen-bond acceptors (Lipinski definition) is 5. The van der Waals surface area contributed by atoms with Crippen LogP contribution < -0.4 is 4.74 Å². The van der Waals surface area contributed by atoms with Gasteiger partial charge in [-0.2, -0.15) is 0 Å². The van der Waals surface area contributed by atoms with Gasteiger partial charge >= 0.3 is 5.97 Å². The Kier molecular flexibility index (Phi) is 6.38. The summed E-state index contributed by atoms with van der Waals surface area (Å²) in [5.74, 6) is -0.571. The minimum atomic E-state index is -0.537. The number of esters is 1. The molecule has 0 amide bonds. The highest BCUT2D eigenvalue weighted by Gasteiger charge is 2.10. The van der Waals surface area contributed by atoms with Crippen LogP contribution in [-0.2, 0) is 9.53 Å². The van der Waals surface area contributed by atoms with Crippen molar-refractivity contribution in [3.8, 4) is 11.5 Å². The predicted octanol–water partition coefficient (Wildman–Crippen LogP) is 3.04. The summed E-state index contributed by atoms with van der Waals surface area (Å²) in [6.45, 7) is 5.61. The van der Waals surface area contributed by atoms with Crippen LogP contribution in [0.5, 0.6) is 11.5 Å². The molecule has 0 aliphatic rings. The van der Waals surface area contributed by atoms with Crippen LogP contribution >= 0.6 is 0 Å². The standard InChI is InChI=1S/C17H20O5/c1-11(2)7-14(18)8-12(3)10-22-16-6-5-13(9-15(16)19)17(20)21-4/h5-9,19H,10H2,1-4H3/b12-8+. The summed E-state index contributed by atoms with van der Waals surface area (Å²) in [4.78, 5) is 22.9. The Morgan fingerprint density at radius 2 is 1.86 bits per heavy atom. The van der Waals surface area contributed by atoms with Crippen molar-refractivity contribution in [3.05, 3.63) is 47.1 Å². The normalized spacial score (nSPS) is 10.8. The van der Waals surface area contributed by atoms with Gasteiger partial charge in [-0.1, -0.05) is 5.57 Å². The number of carbonyl (C=O) groups excluding carboxylic acids is 2. The molecular formula is C17H20O5.